The smallest absolute Gasteiger partial charge is 0.221 e. The normalized spacial score (nSPS) is 10.2. The van der Waals surface area contributed by atoms with Crippen molar-refractivity contribution >= 4 is 28.7 Å². The first-order valence-electron chi connectivity index (χ1n) is 6.10. The number of anilines is 1. The van der Waals surface area contributed by atoms with E-state index in [4.69, 9.17) is 0 Å². The van der Waals surface area contributed by atoms with Gasteiger partial charge in [0.05, 0.1) is 4.88 Å². The zero-order valence-electron chi connectivity index (χ0n) is 10.9. The molecule has 19 heavy (non-hydrogen) atoms. The van der Waals surface area contributed by atoms with Gasteiger partial charge in [-0.3, -0.25) is 9.59 Å². The second kappa shape index (κ2) is 5.80. The minimum atomic E-state index is -0.120. The fraction of sp³-hybridized carbons (Fsp3) is 0.200. The van der Waals surface area contributed by atoms with Crippen molar-refractivity contribution in [2.45, 2.75) is 20.3 Å². The largest absolute Gasteiger partial charge is 0.326 e. The number of thiophene rings is 1. The van der Waals surface area contributed by atoms with Crippen LogP contribution in [0.25, 0.3) is 0 Å². The molecule has 2 aromatic rings. The lowest BCUT2D eigenvalue weighted by molar-refractivity contribution is -0.114. The molecule has 1 aromatic carbocycles. The number of hydrogen-bond donors (Lipinski definition) is 1. The molecule has 0 radical (unpaired) electrons. The number of aryl methyl sites for hydroxylation is 1. The summed E-state index contributed by atoms with van der Waals surface area (Å²) >= 11 is 1.47. The zero-order valence-corrected chi connectivity index (χ0v) is 11.7. The summed E-state index contributed by atoms with van der Waals surface area (Å²) < 4.78 is 0. The lowest BCUT2D eigenvalue weighted by Gasteiger charge is -2.04. The molecular formula is C15H15NO2S. The minimum Gasteiger partial charge on any atom is -0.326 e. The molecule has 0 saturated heterocycles. The van der Waals surface area contributed by atoms with Crippen LogP contribution >= 0.6 is 11.3 Å². The molecule has 0 bridgehead atoms. The number of ketones is 1. The highest BCUT2D eigenvalue weighted by Crippen LogP contribution is 2.22. The molecular weight excluding hydrogens is 258 g/mol. The third-order valence-corrected chi connectivity index (χ3v) is 3.76. The van der Waals surface area contributed by atoms with Crippen molar-refractivity contribution in [3.63, 3.8) is 0 Å². The first-order chi connectivity index (χ1) is 9.11. The first-order valence-corrected chi connectivity index (χ1v) is 6.98. The van der Waals surface area contributed by atoms with E-state index in [1.807, 2.05) is 18.4 Å². The van der Waals surface area contributed by atoms with Gasteiger partial charge in [0.2, 0.25) is 11.7 Å². The zero-order chi connectivity index (χ0) is 13.8. The van der Waals surface area contributed by atoms with Gasteiger partial charge < -0.3 is 5.32 Å². The third kappa shape index (κ3) is 3.09. The maximum Gasteiger partial charge on any atom is 0.221 e. The van der Waals surface area contributed by atoms with Crippen LogP contribution in [0.1, 0.15) is 34.6 Å². The number of amides is 1. The van der Waals surface area contributed by atoms with E-state index in [0.29, 0.717) is 11.3 Å². The van der Waals surface area contributed by atoms with Crippen LogP contribution in [0.2, 0.25) is 0 Å². The van der Waals surface area contributed by atoms with Gasteiger partial charge in [-0.25, -0.2) is 0 Å². The van der Waals surface area contributed by atoms with Crippen LogP contribution in [0.3, 0.4) is 0 Å². The third-order valence-electron chi connectivity index (χ3n) is 2.80. The van der Waals surface area contributed by atoms with E-state index in [2.05, 4.69) is 5.32 Å². The van der Waals surface area contributed by atoms with Crippen LogP contribution in [-0.4, -0.2) is 11.7 Å². The van der Waals surface area contributed by atoms with Crippen molar-refractivity contribution in [3.8, 4) is 0 Å². The summed E-state index contributed by atoms with van der Waals surface area (Å²) in [4.78, 5) is 24.1. The Morgan fingerprint density at radius 2 is 1.84 bits per heavy atom. The van der Waals surface area contributed by atoms with Crippen LogP contribution in [0.15, 0.2) is 35.7 Å². The van der Waals surface area contributed by atoms with E-state index in [0.717, 1.165) is 16.9 Å². The van der Waals surface area contributed by atoms with Crippen LogP contribution < -0.4 is 5.32 Å². The Morgan fingerprint density at radius 1 is 1.16 bits per heavy atom. The highest BCUT2D eigenvalue weighted by Gasteiger charge is 2.14. The standard InChI is InChI=1S/C15H15NO2S/c1-3-11-8-9-19-15(11)14(18)12-4-6-13(7-5-12)16-10(2)17/h4-9H,3H2,1-2H3,(H,16,17). The number of rotatable bonds is 4. The van der Waals surface area contributed by atoms with E-state index in [1.54, 1.807) is 24.3 Å². The monoisotopic (exact) mass is 273 g/mol. The van der Waals surface area contributed by atoms with Gasteiger partial charge in [0, 0.05) is 18.2 Å². The van der Waals surface area contributed by atoms with E-state index < -0.39 is 0 Å². The summed E-state index contributed by atoms with van der Waals surface area (Å²) in [5.74, 6) is -0.0770. The predicted octanol–water partition coefficient (Wildman–Crippen LogP) is 3.50. The lowest BCUT2D eigenvalue weighted by Crippen LogP contribution is -2.06. The number of carbonyl (C=O) groups is 2. The maximum absolute atomic E-state index is 12.3. The van der Waals surface area contributed by atoms with E-state index >= 15 is 0 Å². The van der Waals surface area contributed by atoms with Crippen molar-refractivity contribution in [2.75, 3.05) is 5.32 Å². The molecule has 4 heteroatoms. The second-order valence-electron chi connectivity index (χ2n) is 4.22. The Hall–Kier alpha value is -1.94. The van der Waals surface area contributed by atoms with E-state index in [9.17, 15) is 9.59 Å². The molecule has 0 spiro atoms. The summed E-state index contributed by atoms with van der Waals surface area (Å²) in [6, 6.07) is 8.96. The minimum absolute atomic E-state index is 0.0428. The number of benzene rings is 1. The molecule has 1 N–H and O–H groups in total. The lowest BCUT2D eigenvalue weighted by atomic mass is 10.1. The number of carbonyl (C=O) groups excluding carboxylic acids is 2. The molecule has 0 unspecified atom stereocenters. The van der Waals surface area contributed by atoms with Gasteiger partial charge in [0.1, 0.15) is 0 Å². The fourth-order valence-electron chi connectivity index (χ4n) is 1.85. The molecule has 1 aromatic heterocycles. The van der Waals surface area contributed by atoms with Crippen LogP contribution in [0.4, 0.5) is 5.69 Å². The van der Waals surface area contributed by atoms with Crippen molar-refractivity contribution in [1.82, 2.24) is 0 Å². The van der Waals surface area contributed by atoms with Gasteiger partial charge in [0.15, 0.2) is 0 Å². The molecule has 0 aliphatic heterocycles. The van der Waals surface area contributed by atoms with Crippen molar-refractivity contribution in [2.24, 2.45) is 0 Å². The Kier molecular flexibility index (Phi) is 4.12. The number of hydrogen-bond acceptors (Lipinski definition) is 3. The van der Waals surface area contributed by atoms with Gasteiger partial charge in [-0.2, -0.15) is 0 Å². The van der Waals surface area contributed by atoms with Crippen molar-refractivity contribution in [1.29, 1.82) is 0 Å². The van der Waals surface area contributed by atoms with Gasteiger partial charge in [0.25, 0.3) is 0 Å². The molecule has 0 aliphatic carbocycles. The Morgan fingerprint density at radius 3 is 2.42 bits per heavy atom. The molecule has 98 valence electrons. The van der Waals surface area contributed by atoms with Gasteiger partial charge >= 0.3 is 0 Å². The van der Waals surface area contributed by atoms with Crippen LogP contribution in [0, 0.1) is 0 Å². The second-order valence-corrected chi connectivity index (χ2v) is 5.13. The van der Waals surface area contributed by atoms with Gasteiger partial charge in [-0.05, 0) is 47.7 Å². The van der Waals surface area contributed by atoms with Crippen LogP contribution in [0.5, 0.6) is 0 Å². The molecule has 3 nitrogen and oxygen atoms in total. The van der Waals surface area contributed by atoms with Crippen molar-refractivity contribution in [3.05, 3.63) is 51.7 Å². The van der Waals surface area contributed by atoms with Gasteiger partial charge in [-0.15, -0.1) is 11.3 Å². The van der Waals surface area contributed by atoms with Crippen molar-refractivity contribution < 1.29 is 9.59 Å². The topological polar surface area (TPSA) is 46.2 Å². The first kappa shape index (κ1) is 13.5. The summed E-state index contributed by atoms with van der Waals surface area (Å²) in [6.45, 7) is 3.50. The Labute approximate surface area is 116 Å². The quantitative estimate of drug-likeness (QED) is 0.867. The molecule has 0 saturated carbocycles. The Balaban J connectivity index is 2.22. The maximum atomic E-state index is 12.3. The van der Waals surface area contributed by atoms with E-state index in [-0.39, 0.29) is 11.7 Å². The molecule has 2 rings (SSSR count). The molecule has 0 aliphatic rings. The summed E-state index contributed by atoms with van der Waals surface area (Å²) in [5, 5.41) is 4.62. The summed E-state index contributed by atoms with van der Waals surface area (Å²) in [6.07, 6.45) is 0.856. The molecule has 1 amide bonds. The number of nitrogens with one attached hydrogen (secondary N) is 1. The summed E-state index contributed by atoms with van der Waals surface area (Å²) in [7, 11) is 0. The van der Waals surface area contributed by atoms with E-state index in [1.165, 1.54) is 18.3 Å². The molecule has 0 atom stereocenters. The molecule has 1 heterocycles. The van der Waals surface area contributed by atoms with Crippen LogP contribution in [-0.2, 0) is 11.2 Å². The summed E-state index contributed by atoms with van der Waals surface area (Å²) in [5.41, 5.74) is 2.43. The highest BCUT2D eigenvalue weighted by atomic mass is 32.1. The molecule has 0 fully saturated rings. The fourth-order valence-corrected chi connectivity index (χ4v) is 2.81. The Bertz CT molecular complexity index is 599. The highest BCUT2D eigenvalue weighted by molar-refractivity contribution is 7.12. The van der Waals surface area contributed by atoms with Gasteiger partial charge in [-0.1, -0.05) is 6.92 Å². The average Bonchev–Trinajstić information content (AvgIpc) is 2.86. The SMILES string of the molecule is CCc1ccsc1C(=O)c1ccc(NC(C)=O)cc1. The average molecular weight is 273 g/mol. The predicted molar refractivity (Wildman–Crippen MR) is 77.9 cm³/mol.